The highest BCUT2D eigenvalue weighted by molar-refractivity contribution is 5.48. The maximum Gasteiger partial charge on any atom is 0.119 e. The molecule has 2 heteroatoms. The van der Waals surface area contributed by atoms with E-state index in [1.54, 1.807) is 0 Å². The van der Waals surface area contributed by atoms with Crippen LogP contribution in [0.2, 0.25) is 0 Å². The van der Waals surface area contributed by atoms with E-state index in [-0.39, 0.29) is 6.04 Å². The molecule has 0 saturated carbocycles. The van der Waals surface area contributed by atoms with Crippen molar-refractivity contribution in [1.29, 1.82) is 0 Å². The van der Waals surface area contributed by atoms with E-state index in [1.807, 2.05) is 55.5 Å². The molecule has 0 aliphatic carbocycles. The van der Waals surface area contributed by atoms with Crippen molar-refractivity contribution in [3.63, 3.8) is 0 Å². The van der Waals surface area contributed by atoms with Crippen molar-refractivity contribution in [3.05, 3.63) is 71.8 Å². The van der Waals surface area contributed by atoms with Crippen LogP contribution in [0.5, 0.6) is 5.75 Å². The van der Waals surface area contributed by atoms with Crippen molar-refractivity contribution in [2.45, 2.75) is 13.0 Å². The summed E-state index contributed by atoms with van der Waals surface area (Å²) in [5.41, 5.74) is 8.09. The van der Waals surface area contributed by atoms with Gasteiger partial charge in [-0.1, -0.05) is 48.5 Å². The molecular weight excluding hydrogens is 234 g/mol. The van der Waals surface area contributed by atoms with E-state index in [9.17, 15) is 0 Å². The third-order valence-electron chi connectivity index (χ3n) is 2.86. The molecule has 2 aromatic carbocycles. The van der Waals surface area contributed by atoms with Crippen LogP contribution in [-0.2, 0) is 0 Å². The second kappa shape index (κ2) is 6.76. The van der Waals surface area contributed by atoms with Crippen molar-refractivity contribution in [2.75, 3.05) is 6.61 Å². The zero-order valence-corrected chi connectivity index (χ0v) is 11.1. The number of hydrogen-bond donors (Lipinski definition) is 1. The Labute approximate surface area is 114 Å². The van der Waals surface area contributed by atoms with Gasteiger partial charge in [-0.15, -0.1) is 0 Å². The van der Waals surface area contributed by atoms with Crippen LogP contribution in [0.3, 0.4) is 0 Å². The van der Waals surface area contributed by atoms with Crippen molar-refractivity contribution in [1.82, 2.24) is 0 Å². The summed E-state index contributed by atoms with van der Waals surface area (Å²) in [6.45, 7) is 2.53. The maximum atomic E-state index is 5.80. The van der Waals surface area contributed by atoms with Gasteiger partial charge in [-0.25, -0.2) is 0 Å². The standard InChI is InChI=1S/C17H19NO/c1-14(18)16-9-11-17(12-10-16)19-13-5-8-15-6-3-2-4-7-15/h2-12,14H,13,18H2,1H3/b8-5+/t14-/m0/s1. The van der Waals surface area contributed by atoms with Gasteiger partial charge in [0.15, 0.2) is 0 Å². The fourth-order valence-electron chi connectivity index (χ4n) is 1.76. The first-order valence-corrected chi connectivity index (χ1v) is 6.45. The van der Waals surface area contributed by atoms with E-state index in [0.717, 1.165) is 11.3 Å². The monoisotopic (exact) mass is 253 g/mol. The SMILES string of the molecule is C[C@H](N)c1ccc(OC/C=C/c2ccccc2)cc1. The molecule has 0 unspecified atom stereocenters. The fourth-order valence-corrected chi connectivity index (χ4v) is 1.76. The predicted molar refractivity (Wildman–Crippen MR) is 80.0 cm³/mol. The lowest BCUT2D eigenvalue weighted by atomic mass is 10.1. The van der Waals surface area contributed by atoms with Crippen molar-refractivity contribution >= 4 is 6.08 Å². The Morgan fingerprint density at radius 3 is 2.37 bits per heavy atom. The summed E-state index contributed by atoms with van der Waals surface area (Å²) in [7, 11) is 0. The molecule has 0 spiro atoms. The molecule has 0 aliphatic rings. The zero-order valence-electron chi connectivity index (χ0n) is 11.1. The van der Waals surface area contributed by atoms with Gasteiger partial charge in [0.1, 0.15) is 12.4 Å². The van der Waals surface area contributed by atoms with Crippen LogP contribution in [0, 0.1) is 0 Å². The normalized spacial score (nSPS) is 12.5. The average molecular weight is 253 g/mol. The van der Waals surface area contributed by atoms with E-state index >= 15 is 0 Å². The van der Waals surface area contributed by atoms with Gasteiger partial charge < -0.3 is 10.5 Å². The van der Waals surface area contributed by atoms with Gasteiger partial charge in [0.25, 0.3) is 0 Å². The van der Waals surface area contributed by atoms with Gasteiger partial charge >= 0.3 is 0 Å². The van der Waals surface area contributed by atoms with Crippen LogP contribution in [0.4, 0.5) is 0 Å². The van der Waals surface area contributed by atoms with Gasteiger partial charge in [-0.2, -0.15) is 0 Å². The fraction of sp³-hybridized carbons (Fsp3) is 0.176. The Morgan fingerprint density at radius 1 is 1.05 bits per heavy atom. The van der Waals surface area contributed by atoms with Crippen LogP contribution in [0.25, 0.3) is 6.08 Å². The molecule has 0 aromatic heterocycles. The number of rotatable bonds is 5. The minimum atomic E-state index is 0.0621. The third-order valence-corrected chi connectivity index (χ3v) is 2.86. The highest BCUT2D eigenvalue weighted by Crippen LogP contribution is 2.16. The quantitative estimate of drug-likeness (QED) is 0.879. The summed E-state index contributed by atoms with van der Waals surface area (Å²) in [5, 5.41) is 0. The molecule has 2 N–H and O–H groups in total. The molecule has 19 heavy (non-hydrogen) atoms. The lowest BCUT2D eigenvalue weighted by Crippen LogP contribution is -2.04. The minimum absolute atomic E-state index is 0.0621. The molecule has 0 amide bonds. The summed E-state index contributed by atoms with van der Waals surface area (Å²) >= 11 is 0. The van der Waals surface area contributed by atoms with Gasteiger partial charge in [0.2, 0.25) is 0 Å². The van der Waals surface area contributed by atoms with Crippen molar-refractivity contribution in [3.8, 4) is 5.75 Å². The molecule has 0 bridgehead atoms. The predicted octanol–water partition coefficient (Wildman–Crippen LogP) is 3.80. The Kier molecular flexibility index (Phi) is 4.76. The number of nitrogens with two attached hydrogens (primary N) is 1. The molecule has 0 aliphatic heterocycles. The Bertz CT molecular complexity index is 515. The Balaban J connectivity index is 1.84. The van der Waals surface area contributed by atoms with Crippen LogP contribution in [-0.4, -0.2) is 6.61 Å². The smallest absolute Gasteiger partial charge is 0.119 e. The molecular formula is C17H19NO. The summed E-state index contributed by atoms with van der Waals surface area (Å²) in [4.78, 5) is 0. The molecule has 98 valence electrons. The molecule has 0 heterocycles. The number of benzene rings is 2. The maximum absolute atomic E-state index is 5.80. The first kappa shape index (κ1) is 13.4. The van der Waals surface area contributed by atoms with Crippen molar-refractivity contribution in [2.24, 2.45) is 5.73 Å². The Hall–Kier alpha value is -2.06. The third kappa shape index (κ3) is 4.27. The molecule has 0 radical (unpaired) electrons. The van der Waals surface area contributed by atoms with E-state index in [0.29, 0.717) is 6.61 Å². The van der Waals surface area contributed by atoms with Gasteiger partial charge in [-0.05, 0) is 36.3 Å². The highest BCUT2D eigenvalue weighted by Gasteiger charge is 1.98. The largest absolute Gasteiger partial charge is 0.490 e. The number of hydrogen-bond acceptors (Lipinski definition) is 2. The van der Waals surface area contributed by atoms with E-state index in [2.05, 4.69) is 18.2 Å². The summed E-state index contributed by atoms with van der Waals surface area (Å²) in [6.07, 6.45) is 4.06. The summed E-state index contributed by atoms with van der Waals surface area (Å²) in [6, 6.07) is 18.1. The summed E-state index contributed by atoms with van der Waals surface area (Å²) < 4.78 is 5.63. The molecule has 1 atom stereocenters. The lowest BCUT2D eigenvalue weighted by molar-refractivity contribution is 0.363. The van der Waals surface area contributed by atoms with E-state index in [4.69, 9.17) is 10.5 Å². The molecule has 2 nitrogen and oxygen atoms in total. The lowest BCUT2D eigenvalue weighted by Gasteiger charge is -2.07. The molecule has 2 aromatic rings. The average Bonchev–Trinajstić information content (AvgIpc) is 2.45. The summed E-state index contributed by atoms with van der Waals surface area (Å²) in [5.74, 6) is 0.863. The van der Waals surface area contributed by atoms with Crippen LogP contribution in [0.15, 0.2) is 60.7 Å². The van der Waals surface area contributed by atoms with Crippen LogP contribution >= 0.6 is 0 Å². The van der Waals surface area contributed by atoms with Crippen LogP contribution in [0.1, 0.15) is 24.1 Å². The van der Waals surface area contributed by atoms with Crippen LogP contribution < -0.4 is 10.5 Å². The minimum Gasteiger partial charge on any atom is -0.490 e. The highest BCUT2D eigenvalue weighted by atomic mass is 16.5. The van der Waals surface area contributed by atoms with E-state index in [1.165, 1.54) is 5.56 Å². The topological polar surface area (TPSA) is 35.2 Å². The molecule has 2 rings (SSSR count). The molecule has 0 fully saturated rings. The van der Waals surface area contributed by atoms with Gasteiger partial charge in [0.05, 0.1) is 0 Å². The van der Waals surface area contributed by atoms with Gasteiger partial charge in [-0.3, -0.25) is 0 Å². The van der Waals surface area contributed by atoms with Gasteiger partial charge in [0, 0.05) is 6.04 Å². The first-order valence-electron chi connectivity index (χ1n) is 6.45. The second-order valence-electron chi connectivity index (χ2n) is 4.48. The van der Waals surface area contributed by atoms with E-state index < -0.39 is 0 Å². The first-order chi connectivity index (χ1) is 9.25. The van der Waals surface area contributed by atoms with Crippen molar-refractivity contribution < 1.29 is 4.74 Å². The zero-order chi connectivity index (χ0) is 13.5. The molecule has 0 saturated heterocycles. The Morgan fingerprint density at radius 2 is 1.74 bits per heavy atom. The second-order valence-corrected chi connectivity index (χ2v) is 4.48. The number of ether oxygens (including phenoxy) is 1.